The highest BCUT2D eigenvalue weighted by Crippen LogP contribution is 2.26. The van der Waals surface area contributed by atoms with Gasteiger partial charge in [0.2, 0.25) is 0 Å². The molecular formula is C7H10N2O2S. The smallest absolute Gasteiger partial charge is 0.251 e. The maximum atomic E-state index is 11.4. The van der Waals surface area contributed by atoms with E-state index in [0.29, 0.717) is 18.1 Å². The molecule has 2 saturated heterocycles. The summed E-state index contributed by atoms with van der Waals surface area (Å²) in [7, 11) is 1.68. The SMILES string of the molecule is CN1C(=O)C2CC(O)CN2C1=S. The van der Waals surface area contributed by atoms with E-state index in [1.807, 2.05) is 0 Å². The third kappa shape index (κ3) is 0.864. The van der Waals surface area contributed by atoms with Crippen molar-refractivity contribution < 1.29 is 9.90 Å². The Bertz CT molecular complexity index is 232. The number of carbonyl (C=O) groups is 1. The zero-order valence-corrected chi connectivity index (χ0v) is 7.54. The quantitative estimate of drug-likeness (QED) is 0.502. The average molecular weight is 186 g/mol. The molecule has 0 aliphatic carbocycles. The van der Waals surface area contributed by atoms with Crippen LogP contribution in [0.5, 0.6) is 0 Å². The molecule has 0 aromatic carbocycles. The standard InChI is InChI=1S/C7H10N2O2S/c1-8-6(11)5-2-4(10)3-9(5)7(8)12/h4-5,10H,2-3H2,1H3. The molecule has 2 heterocycles. The van der Waals surface area contributed by atoms with Gasteiger partial charge in [-0.1, -0.05) is 0 Å². The second-order valence-electron chi connectivity index (χ2n) is 3.24. The van der Waals surface area contributed by atoms with Crippen molar-refractivity contribution in [3.63, 3.8) is 0 Å². The van der Waals surface area contributed by atoms with Crippen LogP contribution in [0.3, 0.4) is 0 Å². The maximum Gasteiger partial charge on any atom is 0.251 e. The van der Waals surface area contributed by atoms with E-state index in [1.165, 1.54) is 4.90 Å². The van der Waals surface area contributed by atoms with Crippen LogP contribution in [0.15, 0.2) is 0 Å². The summed E-state index contributed by atoms with van der Waals surface area (Å²) >= 11 is 5.03. The number of hydrogen-bond donors (Lipinski definition) is 1. The second-order valence-corrected chi connectivity index (χ2v) is 3.60. The van der Waals surface area contributed by atoms with Crippen LogP contribution >= 0.6 is 12.2 Å². The van der Waals surface area contributed by atoms with Crippen molar-refractivity contribution in [3.8, 4) is 0 Å². The van der Waals surface area contributed by atoms with Crippen LogP contribution in [0.4, 0.5) is 0 Å². The summed E-state index contributed by atoms with van der Waals surface area (Å²) in [5.74, 6) is 0.0107. The summed E-state index contributed by atoms with van der Waals surface area (Å²) < 4.78 is 0. The number of aliphatic hydroxyl groups excluding tert-OH is 1. The van der Waals surface area contributed by atoms with E-state index in [4.69, 9.17) is 12.2 Å². The van der Waals surface area contributed by atoms with Gasteiger partial charge in [0.1, 0.15) is 6.04 Å². The Labute approximate surface area is 75.8 Å². The fraction of sp³-hybridized carbons (Fsp3) is 0.714. The highest BCUT2D eigenvalue weighted by atomic mass is 32.1. The molecular weight excluding hydrogens is 176 g/mol. The summed E-state index contributed by atoms with van der Waals surface area (Å²) in [6.07, 6.45) is 0.120. The lowest BCUT2D eigenvalue weighted by Gasteiger charge is -2.15. The van der Waals surface area contributed by atoms with Crippen LogP contribution in [0.2, 0.25) is 0 Å². The van der Waals surface area contributed by atoms with Gasteiger partial charge in [0, 0.05) is 20.0 Å². The van der Waals surface area contributed by atoms with E-state index in [0.717, 1.165) is 0 Å². The number of likely N-dealkylation sites (N-methyl/N-ethyl adjacent to an activating group) is 1. The molecule has 2 unspecified atom stereocenters. The molecule has 0 saturated carbocycles. The molecule has 0 aromatic rings. The number of carbonyl (C=O) groups excluding carboxylic acids is 1. The van der Waals surface area contributed by atoms with Gasteiger partial charge in [0.05, 0.1) is 6.10 Å². The first kappa shape index (κ1) is 7.94. The predicted octanol–water partition coefficient (Wildman–Crippen LogP) is -0.822. The molecule has 2 aliphatic rings. The van der Waals surface area contributed by atoms with Crippen molar-refractivity contribution in [1.82, 2.24) is 9.80 Å². The summed E-state index contributed by atoms with van der Waals surface area (Å²) in [4.78, 5) is 14.7. The van der Waals surface area contributed by atoms with Gasteiger partial charge in [-0.3, -0.25) is 9.69 Å². The average Bonchev–Trinajstić information content (AvgIpc) is 2.49. The number of aliphatic hydroxyl groups is 1. The molecule has 2 atom stereocenters. The molecule has 0 bridgehead atoms. The van der Waals surface area contributed by atoms with Gasteiger partial charge in [0.15, 0.2) is 5.11 Å². The zero-order chi connectivity index (χ0) is 8.88. The van der Waals surface area contributed by atoms with Gasteiger partial charge in [-0.15, -0.1) is 0 Å². The Morgan fingerprint density at radius 1 is 1.67 bits per heavy atom. The summed E-state index contributed by atoms with van der Waals surface area (Å²) in [6.45, 7) is 0.500. The van der Waals surface area contributed by atoms with Crippen LogP contribution in [0, 0.1) is 0 Å². The topological polar surface area (TPSA) is 43.8 Å². The summed E-state index contributed by atoms with van der Waals surface area (Å²) in [6, 6.07) is -0.197. The second kappa shape index (κ2) is 2.40. The number of thiocarbonyl (C=S) groups is 1. The molecule has 0 aromatic heterocycles. The third-order valence-electron chi connectivity index (χ3n) is 2.43. The Hall–Kier alpha value is -0.680. The molecule has 0 radical (unpaired) electrons. The lowest BCUT2D eigenvalue weighted by Crippen LogP contribution is -2.31. The maximum absolute atomic E-state index is 11.4. The molecule has 5 heteroatoms. The molecule has 0 spiro atoms. The number of amides is 1. The van der Waals surface area contributed by atoms with Gasteiger partial charge in [-0.05, 0) is 12.2 Å². The normalized spacial score (nSPS) is 34.8. The Morgan fingerprint density at radius 2 is 2.33 bits per heavy atom. The minimum atomic E-state index is -0.398. The van der Waals surface area contributed by atoms with Crippen LogP contribution in [-0.2, 0) is 4.79 Å². The van der Waals surface area contributed by atoms with Crippen molar-refractivity contribution >= 4 is 23.2 Å². The van der Waals surface area contributed by atoms with Gasteiger partial charge in [-0.25, -0.2) is 0 Å². The Kier molecular flexibility index (Phi) is 1.59. The van der Waals surface area contributed by atoms with Crippen LogP contribution in [0.25, 0.3) is 0 Å². The van der Waals surface area contributed by atoms with Gasteiger partial charge in [0.25, 0.3) is 5.91 Å². The van der Waals surface area contributed by atoms with Crippen molar-refractivity contribution in [2.24, 2.45) is 0 Å². The highest BCUT2D eigenvalue weighted by Gasteiger charge is 2.46. The summed E-state index contributed by atoms with van der Waals surface area (Å²) in [5, 5.41) is 9.83. The molecule has 4 nitrogen and oxygen atoms in total. The van der Waals surface area contributed by atoms with E-state index in [1.54, 1.807) is 11.9 Å². The number of fused-ring (bicyclic) bond motifs is 1. The summed E-state index contributed by atoms with van der Waals surface area (Å²) in [5.41, 5.74) is 0. The molecule has 12 heavy (non-hydrogen) atoms. The lowest BCUT2D eigenvalue weighted by molar-refractivity contribution is -0.127. The van der Waals surface area contributed by atoms with Gasteiger partial charge >= 0.3 is 0 Å². The molecule has 2 aliphatic heterocycles. The molecule has 1 amide bonds. The first-order valence-electron chi connectivity index (χ1n) is 3.87. The number of rotatable bonds is 0. The van der Waals surface area contributed by atoms with Crippen LogP contribution in [0.1, 0.15) is 6.42 Å². The fourth-order valence-corrected chi connectivity index (χ4v) is 2.06. The van der Waals surface area contributed by atoms with Crippen molar-refractivity contribution in [2.75, 3.05) is 13.6 Å². The third-order valence-corrected chi connectivity index (χ3v) is 2.94. The first-order chi connectivity index (χ1) is 5.61. The largest absolute Gasteiger partial charge is 0.391 e. The Balaban J connectivity index is 2.27. The van der Waals surface area contributed by atoms with Gasteiger partial charge in [-0.2, -0.15) is 0 Å². The minimum Gasteiger partial charge on any atom is -0.391 e. The van der Waals surface area contributed by atoms with E-state index in [9.17, 15) is 9.90 Å². The zero-order valence-electron chi connectivity index (χ0n) is 6.73. The van der Waals surface area contributed by atoms with Crippen molar-refractivity contribution in [2.45, 2.75) is 18.6 Å². The Morgan fingerprint density at radius 3 is 2.92 bits per heavy atom. The number of hydrogen-bond acceptors (Lipinski definition) is 3. The van der Waals surface area contributed by atoms with Gasteiger partial charge < -0.3 is 10.0 Å². The van der Waals surface area contributed by atoms with E-state index in [2.05, 4.69) is 0 Å². The molecule has 2 rings (SSSR count). The van der Waals surface area contributed by atoms with E-state index in [-0.39, 0.29) is 11.9 Å². The molecule has 2 fully saturated rings. The lowest BCUT2D eigenvalue weighted by atomic mass is 10.2. The van der Waals surface area contributed by atoms with Crippen molar-refractivity contribution in [3.05, 3.63) is 0 Å². The van der Waals surface area contributed by atoms with Crippen LogP contribution in [-0.4, -0.2) is 51.7 Å². The van der Waals surface area contributed by atoms with Crippen LogP contribution < -0.4 is 0 Å². The predicted molar refractivity (Wildman–Crippen MR) is 46.5 cm³/mol. The number of nitrogens with zero attached hydrogens (tertiary/aromatic N) is 2. The monoisotopic (exact) mass is 186 g/mol. The van der Waals surface area contributed by atoms with E-state index >= 15 is 0 Å². The fourth-order valence-electron chi connectivity index (χ4n) is 1.77. The van der Waals surface area contributed by atoms with Crippen molar-refractivity contribution in [1.29, 1.82) is 0 Å². The molecule has 1 N–H and O–H groups in total. The van der Waals surface area contributed by atoms with E-state index < -0.39 is 6.10 Å². The minimum absolute atomic E-state index is 0.0107. The highest BCUT2D eigenvalue weighted by molar-refractivity contribution is 7.80. The molecule has 66 valence electrons. The first-order valence-corrected chi connectivity index (χ1v) is 4.28.